The predicted octanol–water partition coefficient (Wildman–Crippen LogP) is -0.432. The fraction of sp³-hybridized carbons (Fsp3) is 1.00. The van der Waals surface area contributed by atoms with Crippen molar-refractivity contribution < 1.29 is 34.5 Å². The van der Waals surface area contributed by atoms with Gasteiger partial charge in [0.25, 0.3) is 0 Å². The average molecular weight is 369 g/mol. The van der Waals surface area contributed by atoms with Crippen LogP contribution in [0.1, 0.15) is 25.7 Å². The lowest BCUT2D eigenvalue weighted by molar-refractivity contribution is -0.187. The van der Waals surface area contributed by atoms with Gasteiger partial charge in [-0.15, -0.1) is 0 Å². The van der Waals surface area contributed by atoms with Crippen LogP contribution in [-0.4, -0.2) is 53.8 Å². The first kappa shape index (κ1) is 18.3. The topological polar surface area (TPSA) is 157 Å². The first-order chi connectivity index (χ1) is 10.8. The molecule has 0 bridgehead atoms. The van der Waals surface area contributed by atoms with Gasteiger partial charge in [-0.05, 0) is 43.4 Å². The second-order valence-electron chi connectivity index (χ2n) is 7.07. The van der Waals surface area contributed by atoms with E-state index >= 15 is 0 Å². The van der Waals surface area contributed by atoms with Gasteiger partial charge in [0.1, 0.15) is 12.1 Å². The zero-order valence-electron chi connectivity index (χ0n) is 12.6. The number of nitrogens with two attached hydrogens (primary N) is 1. The maximum Gasteiger partial charge on any atom is 0.196 e. The average Bonchev–Trinajstić information content (AvgIpc) is 2.49. The monoisotopic (exact) mass is 369 g/mol. The smallest absolute Gasteiger partial charge is 0.196 e. The van der Waals surface area contributed by atoms with Gasteiger partial charge in [0.15, 0.2) is 23.0 Å². The van der Waals surface area contributed by atoms with E-state index in [1.807, 2.05) is 0 Å². The highest BCUT2D eigenvalue weighted by Crippen LogP contribution is 2.61. The van der Waals surface area contributed by atoms with Gasteiger partial charge in [0.05, 0.1) is 0 Å². The van der Waals surface area contributed by atoms with E-state index in [0.29, 0.717) is 25.7 Å². The summed E-state index contributed by atoms with van der Waals surface area (Å²) in [6.07, 6.45) is 0.0560. The van der Waals surface area contributed by atoms with Gasteiger partial charge in [-0.2, -0.15) is 0 Å². The van der Waals surface area contributed by atoms with Gasteiger partial charge in [-0.3, -0.25) is 0 Å². The molecule has 8 unspecified atom stereocenters. The van der Waals surface area contributed by atoms with Crippen molar-refractivity contribution >= 4 is 16.8 Å². The number of aliphatic hydroxyl groups is 2. The molecule has 8 N–H and O–H groups in total. The Morgan fingerprint density at radius 2 is 1.61 bits per heavy atom. The molecule has 0 aromatic carbocycles. The molecule has 2 saturated carbocycles. The van der Waals surface area contributed by atoms with Crippen molar-refractivity contribution in [2.45, 2.75) is 49.7 Å². The summed E-state index contributed by atoms with van der Waals surface area (Å²) in [6.45, 7) is 0. The van der Waals surface area contributed by atoms with Gasteiger partial charge < -0.3 is 40.3 Å². The number of hydrogen-bond acceptors (Lipinski definition) is 8. The van der Waals surface area contributed by atoms with Crippen LogP contribution in [-0.2, 0) is 4.74 Å². The second-order valence-corrected chi connectivity index (χ2v) is 9.59. The molecular weight excluding hydrogens is 344 g/mol. The molecule has 3 aliphatic rings. The van der Waals surface area contributed by atoms with E-state index in [4.69, 9.17) is 10.5 Å². The van der Waals surface area contributed by atoms with Crippen molar-refractivity contribution in [3.05, 3.63) is 0 Å². The second kappa shape index (κ2) is 7.04. The molecule has 8 atom stereocenters. The van der Waals surface area contributed by atoms with Crippen LogP contribution in [0.2, 0.25) is 0 Å². The lowest BCUT2D eigenvalue weighted by atomic mass is 9.57. The number of aliphatic hydroxyl groups excluding tert-OH is 1. The molecule has 3 fully saturated rings. The molecule has 0 spiro atoms. The Hall–Kier alpha value is 0.540. The summed E-state index contributed by atoms with van der Waals surface area (Å²) >= 11 is 0. The van der Waals surface area contributed by atoms with Gasteiger partial charge >= 0.3 is 0 Å². The summed E-state index contributed by atoms with van der Waals surface area (Å²) in [4.78, 5) is 38.7. The van der Waals surface area contributed by atoms with Gasteiger partial charge in [0, 0.05) is 17.5 Å². The minimum Gasteiger partial charge on any atom is -0.368 e. The van der Waals surface area contributed by atoms with E-state index < -0.39 is 35.1 Å². The van der Waals surface area contributed by atoms with E-state index in [-0.39, 0.29) is 35.2 Å². The maximum atomic E-state index is 9.70. The van der Waals surface area contributed by atoms with Crippen LogP contribution in [0.15, 0.2) is 0 Å². The molecular formula is C13H25NO7P2. The summed E-state index contributed by atoms with van der Waals surface area (Å²) in [7, 11) is -4.45. The zero-order chi connectivity index (χ0) is 16.9. The van der Waals surface area contributed by atoms with Crippen LogP contribution < -0.4 is 5.73 Å². The van der Waals surface area contributed by atoms with E-state index in [2.05, 4.69) is 0 Å². The van der Waals surface area contributed by atoms with E-state index in [1.165, 1.54) is 0 Å². The highest BCUT2D eigenvalue weighted by atomic mass is 31.2. The van der Waals surface area contributed by atoms with Gasteiger partial charge in [0.2, 0.25) is 0 Å². The first-order valence-electron chi connectivity index (χ1n) is 7.90. The molecule has 134 valence electrons. The van der Waals surface area contributed by atoms with Gasteiger partial charge in [-0.1, -0.05) is 0 Å². The molecule has 0 radical (unpaired) electrons. The third kappa shape index (κ3) is 3.44. The van der Waals surface area contributed by atoms with Crippen molar-refractivity contribution in [1.29, 1.82) is 0 Å². The highest BCUT2D eigenvalue weighted by molar-refractivity contribution is 7.46. The Balaban J connectivity index is 1.90. The third-order valence-electron chi connectivity index (χ3n) is 5.89. The Morgan fingerprint density at radius 3 is 2.17 bits per heavy atom. The van der Waals surface area contributed by atoms with Crippen LogP contribution in [0.3, 0.4) is 0 Å². The van der Waals surface area contributed by atoms with Crippen LogP contribution in [0.4, 0.5) is 0 Å². The van der Waals surface area contributed by atoms with Crippen LogP contribution in [0.25, 0.3) is 0 Å². The fourth-order valence-electron chi connectivity index (χ4n) is 5.02. The normalized spacial score (nSPS) is 47.2. The zero-order valence-corrected chi connectivity index (χ0v) is 14.4. The van der Waals surface area contributed by atoms with Crippen molar-refractivity contribution in [2.24, 2.45) is 35.3 Å². The Morgan fingerprint density at radius 1 is 0.913 bits per heavy atom. The van der Waals surface area contributed by atoms with Crippen molar-refractivity contribution in [3.63, 3.8) is 0 Å². The highest BCUT2D eigenvalue weighted by Gasteiger charge is 2.56. The Labute approximate surface area is 137 Å². The van der Waals surface area contributed by atoms with E-state index in [9.17, 15) is 29.8 Å². The minimum atomic E-state index is -2.33. The standard InChI is InChI=1S/C13H25NO7P2/c14-11-8-3-6(12(15)16)1-5-2-7(22(17)18)4-9(10(5)8)13(21-11)23(19)20/h5-13,15-20H,1-4,14H2. The van der Waals surface area contributed by atoms with Crippen LogP contribution >= 0.6 is 16.8 Å². The first-order valence-corrected chi connectivity index (χ1v) is 10.5. The quantitative estimate of drug-likeness (QED) is 0.261. The molecule has 1 saturated heterocycles. The minimum absolute atomic E-state index is 0.0565. The maximum absolute atomic E-state index is 9.70. The number of rotatable bonds is 3. The SMILES string of the molecule is NC1OC(P(O)O)C2CC(P(O)O)CC3CC(C(O)O)CC1C32. The molecule has 3 rings (SSSR count). The molecule has 1 aliphatic heterocycles. The number of hydrogen-bond donors (Lipinski definition) is 7. The van der Waals surface area contributed by atoms with Crippen molar-refractivity contribution in [2.75, 3.05) is 0 Å². The van der Waals surface area contributed by atoms with Crippen molar-refractivity contribution in [1.82, 2.24) is 0 Å². The molecule has 10 heteroatoms. The van der Waals surface area contributed by atoms with Crippen LogP contribution in [0, 0.1) is 29.6 Å². The molecule has 0 aromatic rings. The fourth-order valence-corrected chi connectivity index (χ4v) is 6.82. The number of ether oxygens (including phenoxy) is 1. The van der Waals surface area contributed by atoms with Gasteiger partial charge in [-0.25, -0.2) is 0 Å². The van der Waals surface area contributed by atoms with Crippen LogP contribution in [0.5, 0.6) is 0 Å². The van der Waals surface area contributed by atoms with E-state index in [0.717, 1.165) is 0 Å². The van der Waals surface area contributed by atoms with Crippen molar-refractivity contribution in [3.8, 4) is 0 Å². The van der Waals surface area contributed by atoms with E-state index in [1.54, 1.807) is 0 Å². The summed E-state index contributed by atoms with van der Waals surface area (Å²) in [6, 6.07) is 0. The molecule has 0 amide bonds. The summed E-state index contributed by atoms with van der Waals surface area (Å²) in [5.41, 5.74) is 5.77. The summed E-state index contributed by atoms with van der Waals surface area (Å²) < 4.78 is 5.65. The largest absolute Gasteiger partial charge is 0.368 e. The molecule has 8 nitrogen and oxygen atoms in total. The molecule has 23 heavy (non-hydrogen) atoms. The molecule has 2 aliphatic carbocycles. The predicted molar refractivity (Wildman–Crippen MR) is 83.5 cm³/mol. The third-order valence-corrected chi connectivity index (χ3v) is 7.93. The summed E-state index contributed by atoms with van der Waals surface area (Å²) in [5.74, 6) is -1.22. The molecule has 0 aromatic heterocycles. The lowest BCUT2D eigenvalue weighted by Crippen LogP contribution is -2.58. The molecule has 1 heterocycles. The Bertz CT molecular complexity index is 425. The Kier molecular flexibility index (Phi) is 5.61. The lowest BCUT2D eigenvalue weighted by Gasteiger charge is -2.57. The summed E-state index contributed by atoms with van der Waals surface area (Å²) in [5, 5.41) is 19.1.